The van der Waals surface area contributed by atoms with Crippen molar-refractivity contribution in [2.24, 2.45) is 0 Å². The molecule has 0 saturated carbocycles. The van der Waals surface area contributed by atoms with Gasteiger partial charge in [-0.3, -0.25) is 4.90 Å². The molecular weight excluding hydrogens is 206 g/mol. The Morgan fingerprint density at radius 3 is 2.67 bits per heavy atom. The lowest BCUT2D eigenvalue weighted by atomic mass is 10.1. The fourth-order valence-corrected chi connectivity index (χ4v) is 3.45. The molecule has 1 unspecified atom stereocenters. The summed E-state index contributed by atoms with van der Waals surface area (Å²) in [6.07, 6.45) is 9.00. The Morgan fingerprint density at radius 2 is 1.93 bits per heavy atom. The van der Waals surface area contributed by atoms with Crippen LogP contribution in [0.5, 0.6) is 0 Å². The molecule has 0 aromatic carbocycles. The highest BCUT2D eigenvalue weighted by atomic mass is 32.2. The number of likely N-dealkylation sites (tertiary alicyclic amines) is 1. The average molecular weight is 229 g/mol. The van der Waals surface area contributed by atoms with Gasteiger partial charge in [0, 0.05) is 31.1 Å². The van der Waals surface area contributed by atoms with Crippen molar-refractivity contribution in [2.45, 2.75) is 43.4 Å². The highest BCUT2D eigenvalue weighted by molar-refractivity contribution is 7.99. The number of hydrogen-bond donors (Lipinski definition) is 0. The van der Waals surface area contributed by atoms with E-state index in [0.717, 1.165) is 24.5 Å². The SMILES string of the molecule is CSC1CCCCN(C2CCOCC2)C1. The van der Waals surface area contributed by atoms with Crippen LogP contribution in [-0.4, -0.2) is 48.8 Å². The molecule has 0 aromatic heterocycles. The highest BCUT2D eigenvalue weighted by Gasteiger charge is 2.25. The summed E-state index contributed by atoms with van der Waals surface area (Å²) in [5, 5.41) is 0.871. The molecule has 2 saturated heterocycles. The number of ether oxygens (including phenoxy) is 1. The van der Waals surface area contributed by atoms with E-state index in [-0.39, 0.29) is 0 Å². The molecule has 0 aliphatic carbocycles. The Bertz CT molecular complexity index is 182. The largest absolute Gasteiger partial charge is 0.381 e. The van der Waals surface area contributed by atoms with Crippen molar-refractivity contribution in [3.05, 3.63) is 0 Å². The van der Waals surface area contributed by atoms with Gasteiger partial charge in [-0.1, -0.05) is 6.42 Å². The van der Waals surface area contributed by atoms with Crippen LogP contribution in [0.25, 0.3) is 0 Å². The molecule has 15 heavy (non-hydrogen) atoms. The van der Waals surface area contributed by atoms with E-state index in [9.17, 15) is 0 Å². The summed E-state index contributed by atoms with van der Waals surface area (Å²) in [5.41, 5.74) is 0. The molecule has 0 spiro atoms. The van der Waals surface area contributed by atoms with Gasteiger partial charge in [-0.05, 0) is 38.5 Å². The third-order valence-electron chi connectivity index (χ3n) is 3.70. The topological polar surface area (TPSA) is 12.5 Å². The van der Waals surface area contributed by atoms with Crippen molar-refractivity contribution < 1.29 is 4.74 Å². The third-order valence-corrected chi connectivity index (χ3v) is 4.75. The summed E-state index contributed by atoms with van der Waals surface area (Å²) >= 11 is 2.05. The number of thioether (sulfide) groups is 1. The smallest absolute Gasteiger partial charge is 0.0480 e. The van der Waals surface area contributed by atoms with E-state index in [4.69, 9.17) is 4.74 Å². The molecule has 2 rings (SSSR count). The minimum absolute atomic E-state index is 0.812. The van der Waals surface area contributed by atoms with E-state index in [1.165, 1.54) is 45.2 Å². The summed E-state index contributed by atoms with van der Waals surface area (Å²) in [5.74, 6) is 0. The van der Waals surface area contributed by atoms with Crippen LogP contribution in [0.2, 0.25) is 0 Å². The van der Waals surface area contributed by atoms with Crippen molar-refractivity contribution >= 4 is 11.8 Å². The minimum atomic E-state index is 0.812. The minimum Gasteiger partial charge on any atom is -0.381 e. The molecule has 0 N–H and O–H groups in total. The molecule has 0 radical (unpaired) electrons. The molecule has 0 amide bonds. The lowest BCUT2D eigenvalue weighted by molar-refractivity contribution is 0.0357. The maximum Gasteiger partial charge on any atom is 0.0480 e. The first kappa shape index (κ1) is 11.7. The summed E-state index contributed by atoms with van der Waals surface area (Å²) < 4.78 is 5.44. The van der Waals surface area contributed by atoms with Crippen molar-refractivity contribution in [3.63, 3.8) is 0 Å². The van der Waals surface area contributed by atoms with E-state index in [1.807, 2.05) is 0 Å². The molecule has 2 heterocycles. The molecule has 1 atom stereocenters. The van der Waals surface area contributed by atoms with Crippen LogP contribution in [-0.2, 0) is 4.74 Å². The van der Waals surface area contributed by atoms with Gasteiger partial charge in [-0.15, -0.1) is 0 Å². The first-order chi connectivity index (χ1) is 7.40. The van der Waals surface area contributed by atoms with Crippen LogP contribution in [0.3, 0.4) is 0 Å². The maximum atomic E-state index is 5.44. The first-order valence-electron chi connectivity index (χ1n) is 6.24. The predicted octanol–water partition coefficient (Wildman–Crippen LogP) is 2.38. The predicted molar refractivity (Wildman–Crippen MR) is 66.6 cm³/mol. The Labute approximate surface area is 97.7 Å². The number of rotatable bonds is 2. The fourth-order valence-electron chi connectivity index (χ4n) is 2.71. The fraction of sp³-hybridized carbons (Fsp3) is 1.00. The maximum absolute atomic E-state index is 5.44. The van der Waals surface area contributed by atoms with Crippen LogP contribution >= 0.6 is 11.8 Å². The summed E-state index contributed by atoms with van der Waals surface area (Å²) in [6.45, 7) is 4.59. The molecule has 3 heteroatoms. The lowest BCUT2D eigenvalue weighted by Gasteiger charge is -2.34. The van der Waals surface area contributed by atoms with E-state index in [0.29, 0.717) is 0 Å². The van der Waals surface area contributed by atoms with Gasteiger partial charge in [0.15, 0.2) is 0 Å². The second-order valence-corrected chi connectivity index (χ2v) is 5.83. The molecule has 2 aliphatic rings. The van der Waals surface area contributed by atoms with E-state index < -0.39 is 0 Å². The van der Waals surface area contributed by atoms with Gasteiger partial charge in [-0.2, -0.15) is 11.8 Å². The van der Waals surface area contributed by atoms with Crippen molar-refractivity contribution in [3.8, 4) is 0 Å². The molecule has 0 aromatic rings. The number of hydrogen-bond acceptors (Lipinski definition) is 3. The van der Waals surface area contributed by atoms with Gasteiger partial charge in [0.25, 0.3) is 0 Å². The zero-order chi connectivity index (χ0) is 10.5. The normalized spacial score (nSPS) is 31.4. The molecule has 2 fully saturated rings. The van der Waals surface area contributed by atoms with Crippen molar-refractivity contribution in [1.29, 1.82) is 0 Å². The average Bonchev–Trinajstić information content (AvgIpc) is 2.55. The second kappa shape index (κ2) is 6.12. The monoisotopic (exact) mass is 229 g/mol. The second-order valence-electron chi connectivity index (χ2n) is 4.69. The van der Waals surface area contributed by atoms with E-state index in [2.05, 4.69) is 22.9 Å². The first-order valence-corrected chi connectivity index (χ1v) is 7.53. The van der Waals surface area contributed by atoms with Crippen LogP contribution in [0.15, 0.2) is 0 Å². The van der Waals surface area contributed by atoms with E-state index >= 15 is 0 Å². The summed E-state index contributed by atoms with van der Waals surface area (Å²) in [6, 6.07) is 0.812. The lowest BCUT2D eigenvalue weighted by Crippen LogP contribution is -2.42. The van der Waals surface area contributed by atoms with Crippen molar-refractivity contribution in [2.75, 3.05) is 32.6 Å². The Hall–Kier alpha value is 0.270. The van der Waals surface area contributed by atoms with Gasteiger partial charge >= 0.3 is 0 Å². The zero-order valence-electron chi connectivity index (χ0n) is 9.78. The van der Waals surface area contributed by atoms with Crippen LogP contribution < -0.4 is 0 Å². The highest BCUT2D eigenvalue weighted by Crippen LogP contribution is 2.24. The van der Waals surface area contributed by atoms with Crippen molar-refractivity contribution in [1.82, 2.24) is 4.90 Å². The molecular formula is C12H23NOS. The molecule has 88 valence electrons. The van der Waals surface area contributed by atoms with Gasteiger partial charge in [0.2, 0.25) is 0 Å². The Balaban J connectivity index is 1.87. The van der Waals surface area contributed by atoms with Crippen LogP contribution in [0.4, 0.5) is 0 Å². The number of nitrogens with zero attached hydrogens (tertiary/aromatic N) is 1. The van der Waals surface area contributed by atoms with E-state index in [1.54, 1.807) is 0 Å². The van der Waals surface area contributed by atoms with Crippen LogP contribution in [0, 0.1) is 0 Å². The standard InChI is InChI=1S/C12H23NOS/c1-15-12-4-2-3-7-13(10-12)11-5-8-14-9-6-11/h11-12H,2-10H2,1H3. The Morgan fingerprint density at radius 1 is 1.13 bits per heavy atom. The Kier molecular flexibility index (Phi) is 4.79. The quantitative estimate of drug-likeness (QED) is 0.721. The molecule has 0 bridgehead atoms. The summed E-state index contributed by atoms with van der Waals surface area (Å²) in [4.78, 5) is 2.73. The molecule has 2 aliphatic heterocycles. The van der Waals surface area contributed by atoms with Gasteiger partial charge in [0.1, 0.15) is 0 Å². The van der Waals surface area contributed by atoms with Gasteiger partial charge in [0.05, 0.1) is 0 Å². The zero-order valence-corrected chi connectivity index (χ0v) is 10.6. The van der Waals surface area contributed by atoms with Crippen LogP contribution in [0.1, 0.15) is 32.1 Å². The third kappa shape index (κ3) is 3.36. The van der Waals surface area contributed by atoms with Gasteiger partial charge < -0.3 is 4.74 Å². The van der Waals surface area contributed by atoms with Gasteiger partial charge in [-0.25, -0.2) is 0 Å². The molecule has 2 nitrogen and oxygen atoms in total. The summed E-state index contributed by atoms with van der Waals surface area (Å²) in [7, 11) is 0.